The highest BCUT2D eigenvalue weighted by molar-refractivity contribution is 5.41. The largest absolute Gasteiger partial charge is 0.508 e. The minimum absolute atomic E-state index is 0.293. The quantitative estimate of drug-likeness (QED) is 0.746. The number of nitrogens with zero attached hydrogens (tertiary/aromatic N) is 3. The summed E-state index contributed by atoms with van der Waals surface area (Å²) in [4.78, 5) is 0. The Morgan fingerprint density at radius 2 is 1.94 bits per heavy atom. The minimum atomic E-state index is 0.293. The summed E-state index contributed by atoms with van der Waals surface area (Å²) in [6.45, 7) is 2.03. The van der Waals surface area contributed by atoms with E-state index in [4.69, 9.17) is 0 Å². The van der Waals surface area contributed by atoms with Crippen LogP contribution in [-0.4, -0.2) is 19.7 Å². The van der Waals surface area contributed by atoms with Crippen molar-refractivity contribution in [3.05, 3.63) is 59.5 Å². The molecule has 18 heavy (non-hydrogen) atoms. The highest BCUT2D eigenvalue weighted by Gasteiger charge is 2.08. The zero-order chi connectivity index (χ0) is 12.5. The summed E-state index contributed by atoms with van der Waals surface area (Å²) < 4.78 is 1.96. The highest BCUT2D eigenvalue weighted by Crippen LogP contribution is 2.19. The first-order chi connectivity index (χ1) is 8.74. The fraction of sp³-hybridized carbons (Fsp3) is 0.143. The van der Waals surface area contributed by atoms with Crippen LogP contribution >= 0.6 is 0 Å². The van der Waals surface area contributed by atoms with E-state index in [-0.39, 0.29) is 0 Å². The van der Waals surface area contributed by atoms with E-state index in [1.54, 1.807) is 6.07 Å². The molecule has 0 atom stereocenters. The Morgan fingerprint density at radius 3 is 2.78 bits per heavy atom. The van der Waals surface area contributed by atoms with Crippen LogP contribution in [0.1, 0.15) is 17.0 Å². The SMILES string of the molecule is Cc1ccc2nnc(Cc3ccccc3O)n2c1. The maximum atomic E-state index is 9.78. The number of phenolic OH excluding ortho intramolecular Hbond substituents is 1. The Kier molecular flexibility index (Phi) is 2.48. The van der Waals surface area contributed by atoms with E-state index in [9.17, 15) is 5.11 Å². The number of hydrogen-bond donors (Lipinski definition) is 1. The zero-order valence-electron chi connectivity index (χ0n) is 10.0. The van der Waals surface area contributed by atoms with Gasteiger partial charge in [-0.2, -0.15) is 0 Å². The molecule has 3 rings (SSSR count). The summed E-state index contributed by atoms with van der Waals surface area (Å²) in [6, 6.07) is 11.2. The van der Waals surface area contributed by atoms with Crippen molar-refractivity contribution in [2.75, 3.05) is 0 Å². The molecule has 0 bridgehead atoms. The van der Waals surface area contributed by atoms with Gasteiger partial charge in [-0.1, -0.05) is 24.3 Å². The summed E-state index contributed by atoms with van der Waals surface area (Å²) in [5.74, 6) is 1.12. The van der Waals surface area contributed by atoms with Crippen LogP contribution < -0.4 is 0 Å². The number of fused-ring (bicyclic) bond motifs is 1. The van der Waals surface area contributed by atoms with Crippen LogP contribution in [0.3, 0.4) is 0 Å². The van der Waals surface area contributed by atoms with Crippen LogP contribution in [-0.2, 0) is 6.42 Å². The Hall–Kier alpha value is -2.36. The van der Waals surface area contributed by atoms with Gasteiger partial charge in [-0.25, -0.2) is 0 Å². The van der Waals surface area contributed by atoms with E-state index in [1.165, 1.54) is 0 Å². The lowest BCUT2D eigenvalue weighted by atomic mass is 10.1. The zero-order valence-corrected chi connectivity index (χ0v) is 10.0. The molecular weight excluding hydrogens is 226 g/mol. The van der Waals surface area contributed by atoms with Crippen LogP contribution in [0.5, 0.6) is 5.75 Å². The monoisotopic (exact) mass is 239 g/mol. The van der Waals surface area contributed by atoms with E-state index < -0.39 is 0 Å². The first-order valence-corrected chi connectivity index (χ1v) is 5.81. The summed E-state index contributed by atoms with van der Waals surface area (Å²) in [5.41, 5.74) is 2.83. The summed E-state index contributed by atoms with van der Waals surface area (Å²) in [5, 5.41) is 18.1. The maximum absolute atomic E-state index is 9.78. The van der Waals surface area contributed by atoms with Gasteiger partial charge in [0.15, 0.2) is 5.65 Å². The van der Waals surface area contributed by atoms with Crippen LogP contribution in [0, 0.1) is 6.92 Å². The molecule has 2 heterocycles. The minimum Gasteiger partial charge on any atom is -0.508 e. The molecule has 1 N–H and O–H groups in total. The third kappa shape index (κ3) is 1.82. The van der Waals surface area contributed by atoms with Crippen molar-refractivity contribution < 1.29 is 5.11 Å². The van der Waals surface area contributed by atoms with Gasteiger partial charge >= 0.3 is 0 Å². The van der Waals surface area contributed by atoms with Crippen LogP contribution in [0.25, 0.3) is 5.65 Å². The van der Waals surface area contributed by atoms with Crippen molar-refractivity contribution in [1.82, 2.24) is 14.6 Å². The number of aromatic hydroxyl groups is 1. The average molecular weight is 239 g/mol. The molecular formula is C14H13N3O. The molecule has 0 fully saturated rings. The molecule has 4 heteroatoms. The molecule has 1 aromatic carbocycles. The van der Waals surface area contributed by atoms with Gasteiger partial charge in [0, 0.05) is 18.2 Å². The predicted octanol–water partition coefficient (Wildman–Crippen LogP) is 2.33. The molecule has 4 nitrogen and oxygen atoms in total. The predicted molar refractivity (Wildman–Crippen MR) is 68.6 cm³/mol. The van der Waals surface area contributed by atoms with Gasteiger partial charge in [0.05, 0.1) is 0 Å². The topological polar surface area (TPSA) is 50.4 Å². The molecule has 0 aliphatic rings. The number of hydrogen-bond acceptors (Lipinski definition) is 3. The summed E-state index contributed by atoms with van der Waals surface area (Å²) in [7, 11) is 0. The smallest absolute Gasteiger partial charge is 0.160 e. The van der Waals surface area contributed by atoms with Gasteiger partial charge in [-0.05, 0) is 24.6 Å². The van der Waals surface area contributed by atoms with Crippen LogP contribution in [0.15, 0.2) is 42.6 Å². The third-order valence-electron chi connectivity index (χ3n) is 2.96. The summed E-state index contributed by atoms with van der Waals surface area (Å²) in [6.07, 6.45) is 2.57. The second kappa shape index (κ2) is 4.14. The van der Waals surface area contributed by atoms with Crippen molar-refractivity contribution in [1.29, 1.82) is 0 Å². The van der Waals surface area contributed by atoms with Gasteiger partial charge in [0.2, 0.25) is 0 Å². The Bertz CT molecular complexity index is 703. The lowest BCUT2D eigenvalue weighted by Gasteiger charge is -2.03. The Balaban J connectivity index is 2.05. The van der Waals surface area contributed by atoms with Gasteiger partial charge in [-0.15, -0.1) is 10.2 Å². The van der Waals surface area contributed by atoms with Crippen molar-refractivity contribution in [2.45, 2.75) is 13.3 Å². The number of benzene rings is 1. The molecule has 0 radical (unpaired) electrons. The number of pyridine rings is 1. The van der Waals surface area contributed by atoms with Crippen molar-refractivity contribution in [3.63, 3.8) is 0 Å². The van der Waals surface area contributed by atoms with Crippen LogP contribution in [0.4, 0.5) is 0 Å². The van der Waals surface area contributed by atoms with E-state index in [0.717, 1.165) is 22.6 Å². The fourth-order valence-corrected chi connectivity index (χ4v) is 2.00. The second-order valence-electron chi connectivity index (χ2n) is 4.36. The van der Waals surface area contributed by atoms with E-state index in [0.29, 0.717) is 12.2 Å². The number of phenols is 1. The molecule has 0 saturated heterocycles. The molecule has 0 saturated carbocycles. The van der Waals surface area contributed by atoms with E-state index >= 15 is 0 Å². The molecule has 90 valence electrons. The Morgan fingerprint density at radius 1 is 1.11 bits per heavy atom. The van der Waals surface area contributed by atoms with Crippen molar-refractivity contribution in [3.8, 4) is 5.75 Å². The van der Waals surface area contributed by atoms with E-state index in [1.807, 2.05) is 47.9 Å². The highest BCUT2D eigenvalue weighted by atomic mass is 16.3. The van der Waals surface area contributed by atoms with E-state index in [2.05, 4.69) is 10.2 Å². The van der Waals surface area contributed by atoms with Gasteiger partial charge in [-0.3, -0.25) is 4.40 Å². The van der Waals surface area contributed by atoms with Crippen molar-refractivity contribution in [2.24, 2.45) is 0 Å². The second-order valence-corrected chi connectivity index (χ2v) is 4.36. The lowest BCUT2D eigenvalue weighted by molar-refractivity contribution is 0.469. The van der Waals surface area contributed by atoms with Gasteiger partial charge < -0.3 is 5.11 Å². The molecule has 0 aliphatic carbocycles. The molecule has 3 aromatic rings. The molecule has 2 aromatic heterocycles. The molecule has 0 amide bonds. The standard InChI is InChI=1S/C14H13N3O/c1-10-6-7-13-15-16-14(17(13)9-10)8-11-4-2-3-5-12(11)18/h2-7,9,18H,8H2,1H3. The summed E-state index contributed by atoms with van der Waals surface area (Å²) >= 11 is 0. The average Bonchev–Trinajstić information content (AvgIpc) is 2.75. The maximum Gasteiger partial charge on any atom is 0.160 e. The van der Waals surface area contributed by atoms with Crippen LogP contribution in [0.2, 0.25) is 0 Å². The first kappa shape index (κ1) is 10.8. The molecule has 0 spiro atoms. The number of aromatic nitrogens is 3. The third-order valence-corrected chi connectivity index (χ3v) is 2.96. The number of rotatable bonds is 2. The normalized spacial score (nSPS) is 10.9. The molecule has 0 unspecified atom stereocenters. The number of para-hydroxylation sites is 1. The Labute approximate surface area is 105 Å². The fourth-order valence-electron chi connectivity index (χ4n) is 2.00. The number of aryl methyl sites for hydroxylation is 1. The van der Waals surface area contributed by atoms with Crippen molar-refractivity contribution >= 4 is 5.65 Å². The van der Waals surface area contributed by atoms with Gasteiger partial charge in [0.1, 0.15) is 11.6 Å². The van der Waals surface area contributed by atoms with Gasteiger partial charge in [0.25, 0.3) is 0 Å². The first-order valence-electron chi connectivity index (χ1n) is 5.81. The lowest BCUT2D eigenvalue weighted by Crippen LogP contribution is -1.97. The molecule has 0 aliphatic heterocycles.